The Kier molecular flexibility index (Phi) is 5.03. The number of aromatic nitrogens is 1. The van der Waals surface area contributed by atoms with Crippen molar-refractivity contribution in [1.82, 2.24) is 4.57 Å². The van der Waals surface area contributed by atoms with Gasteiger partial charge in [0.2, 0.25) is 0 Å². The van der Waals surface area contributed by atoms with Crippen LogP contribution >= 0.6 is 0 Å². The molecule has 0 saturated carbocycles. The van der Waals surface area contributed by atoms with E-state index in [0.717, 1.165) is 12.8 Å². The van der Waals surface area contributed by atoms with Crippen LogP contribution in [0.3, 0.4) is 0 Å². The molecule has 1 unspecified atom stereocenters. The Morgan fingerprint density at radius 1 is 0.556 bits per heavy atom. The minimum absolute atomic E-state index is 0.391. The fourth-order valence-electron chi connectivity index (χ4n) is 8.71. The van der Waals surface area contributed by atoms with Crippen LogP contribution < -0.4 is 0 Å². The van der Waals surface area contributed by atoms with Crippen LogP contribution in [0.25, 0.3) is 55.3 Å². The van der Waals surface area contributed by atoms with Crippen LogP contribution in [-0.4, -0.2) is 4.57 Å². The molecule has 1 heterocycles. The first kappa shape index (κ1) is 25.0. The number of hydrogen-bond acceptors (Lipinski definition) is 0. The van der Waals surface area contributed by atoms with E-state index in [9.17, 15) is 0 Å². The Morgan fingerprint density at radius 2 is 1.29 bits per heavy atom. The number of hydrogen-bond donors (Lipinski definition) is 0. The third-order valence-corrected chi connectivity index (χ3v) is 10.5. The van der Waals surface area contributed by atoms with E-state index in [0.29, 0.717) is 0 Å². The van der Waals surface area contributed by atoms with Crippen LogP contribution in [0, 0.1) is 6.92 Å². The number of para-hydroxylation sites is 1. The van der Waals surface area contributed by atoms with E-state index in [4.69, 9.17) is 0 Å². The molecule has 7 aromatic rings. The summed E-state index contributed by atoms with van der Waals surface area (Å²) in [6.07, 6.45) is 9.23. The Labute approximate surface area is 263 Å². The van der Waals surface area contributed by atoms with Gasteiger partial charge >= 0.3 is 0 Å². The molecule has 212 valence electrons. The zero-order chi connectivity index (χ0) is 29.7. The largest absolute Gasteiger partial charge is 0.309 e. The molecule has 0 aliphatic heterocycles. The molecule has 1 nitrogen and oxygen atoms in total. The highest BCUT2D eigenvalue weighted by atomic mass is 15.0. The standard InChI is InChI=1S/C44H31N/c1-28-22-25-41-35(26-28)33-15-7-10-20-40(33)45(41)42-21-11-19-38-43(42)34-16-6-9-18-37(34)44(38)36-17-8-5-14-31(36)32-24-23-30(27-39(32)44)29-12-3-2-4-13-29/h3,5-27H,2,4H2,1H3. The maximum atomic E-state index is 2.51. The van der Waals surface area contributed by atoms with E-state index in [-0.39, 0.29) is 0 Å². The lowest BCUT2D eigenvalue weighted by atomic mass is 9.70. The quantitative estimate of drug-likeness (QED) is 0.194. The third kappa shape index (κ3) is 3.18. The average Bonchev–Trinajstić information content (AvgIpc) is 3.70. The van der Waals surface area contributed by atoms with Gasteiger partial charge in [-0.2, -0.15) is 0 Å². The number of fused-ring (bicyclic) bond motifs is 13. The van der Waals surface area contributed by atoms with Crippen molar-refractivity contribution in [3.63, 3.8) is 0 Å². The highest BCUT2D eigenvalue weighted by Crippen LogP contribution is 2.64. The fourth-order valence-corrected chi connectivity index (χ4v) is 8.71. The van der Waals surface area contributed by atoms with Crippen LogP contribution in [-0.2, 0) is 5.41 Å². The minimum atomic E-state index is -0.391. The Balaban J connectivity index is 1.34. The summed E-state index contributed by atoms with van der Waals surface area (Å²) >= 11 is 0. The van der Waals surface area contributed by atoms with E-state index in [2.05, 4.69) is 157 Å². The Hall–Kier alpha value is -5.40. The predicted octanol–water partition coefficient (Wildman–Crippen LogP) is 11.2. The first-order chi connectivity index (χ1) is 22.2. The molecule has 0 fully saturated rings. The molecule has 3 aliphatic rings. The van der Waals surface area contributed by atoms with E-state index < -0.39 is 5.41 Å². The van der Waals surface area contributed by atoms with Crippen molar-refractivity contribution >= 4 is 27.4 Å². The van der Waals surface area contributed by atoms with Crippen LogP contribution in [0.4, 0.5) is 0 Å². The summed E-state index contributed by atoms with van der Waals surface area (Å²) in [5, 5.41) is 2.60. The number of rotatable bonds is 2. The first-order valence-electron chi connectivity index (χ1n) is 16.1. The second-order valence-corrected chi connectivity index (χ2v) is 12.8. The summed E-state index contributed by atoms with van der Waals surface area (Å²) in [6, 6.07) is 48.3. The van der Waals surface area contributed by atoms with Gasteiger partial charge in [0, 0.05) is 16.3 Å². The van der Waals surface area contributed by atoms with Gasteiger partial charge in [0.05, 0.1) is 22.1 Å². The molecule has 1 aromatic heterocycles. The molecular weight excluding hydrogens is 542 g/mol. The number of aryl methyl sites for hydroxylation is 1. The van der Waals surface area contributed by atoms with Crippen LogP contribution in [0.15, 0.2) is 146 Å². The smallest absolute Gasteiger partial charge is 0.0726 e. The third-order valence-electron chi connectivity index (χ3n) is 10.5. The summed E-state index contributed by atoms with van der Waals surface area (Å²) < 4.78 is 2.51. The fraction of sp³-hybridized carbons (Fsp3) is 0.0909. The van der Waals surface area contributed by atoms with Crippen LogP contribution in [0.1, 0.15) is 46.2 Å². The van der Waals surface area contributed by atoms with E-state index in [1.165, 1.54) is 88.7 Å². The van der Waals surface area contributed by atoms with E-state index >= 15 is 0 Å². The van der Waals surface area contributed by atoms with Gasteiger partial charge in [-0.3, -0.25) is 0 Å². The van der Waals surface area contributed by atoms with Gasteiger partial charge in [0.25, 0.3) is 0 Å². The topological polar surface area (TPSA) is 4.93 Å². The maximum absolute atomic E-state index is 2.51. The van der Waals surface area contributed by atoms with Gasteiger partial charge in [0.1, 0.15) is 0 Å². The molecule has 0 radical (unpaired) electrons. The first-order valence-corrected chi connectivity index (χ1v) is 16.1. The number of nitrogens with zero attached hydrogens (tertiary/aromatic N) is 1. The molecule has 10 rings (SSSR count). The van der Waals surface area contributed by atoms with Crippen molar-refractivity contribution in [3.05, 3.63) is 179 Å². The van der Waals surface area contributed by atoms with Crippen LogP contribution in [0.2, 0.25) is 0 Å². The lowest BCUT2D eigenvalue weighted by molar-refractivity contribution is 0.793. The second-order valence-electron chi connectivity index (χ2n) is 12.8. The SMILES string of the molecule is Cc1ccc2c(c1)c1ccccc1n2-c1cccc2c1-c1ccccc1C21c2ccccc2-c2ccc(C3=CCCC=C3)cc21. The summed E-state index contributed by atoms with van der Waals surface area (Å²) in [5.41, 5.74) is 18.1. The molecule has 0 amide bonds. The molecule has 1 spiro atoms. The van der Waals surface area contributed by atoms with Gasteiger partial charge in [-0.05, 0) is 100 Å². The summed E-state index contributed by atoms with van der Waals surface area (Å²) in [5.74, 6) is 0. The van der Waals surface area contributed by atoms with Gasteiger partial charge in [-0.15, -0.1) is 0 Å². The molecular formula is C44H31N. The zero-order valence-corrected chi connectivity index (χ0v) is 25.2. The number of benzene rings is 6. The van der Waals surface area contributed by atoms with Crippen molar-refractivity contribution in [3.8, 4) is 27.9 Å². The van der Waals surface area contributed by atoms with Crippen molar-refractivity contribution in [2.75, 3.05) is 0 Å². The lowest BCUT2D eigenvalue weighted by Crippen LogP contribution is -2.26. The van der Waals surface area contributed by atoms with Crippen LogP contribution in [0.5, 0.6) is 0 Å². The van der Waals surface area contributed by atoms with Gasteiger partial charge in [-0.1, -0.05) is 121 Å². The molecule has 1 atom stereocenters. The maximum Gasteiger partial charge on any atom is 0.0726 e. The van der Waals surface area contributed by atoms with E-state index in [1.807, 2.05) is 0 Å². The minimum Gasteiger partial charge on any atom is -0.309 e. The summed E-state index contributed by atoms with van der Waals surface area (Å²) in [6.45, 7) is 2.19. The van der Waals surface area contributed by atoms with Gasteiger partial charge in [0.15, 0.2) is 0 Å². The normalized spacial score (nSPS) is 17.4. The van der Waals surface area contributed by atoms with Crippen molar-refractivity contribution in [2.24, 2.45) is 0 Å². The summed E-state index contributed by atoms with van der Waals surface area (Å²) in [4.78, 5) is 0. The van der Waals surface area contributed by atoms with Gasteiger partial charge < -0.3 is 4.57 Å². The monoisotopic (exact) mass is 573 g/mol. The van der Waals surface area contributed by atoms with Crippen molar-refractivity contribution in [2.45, 2.75) is 25.2 Å². The Morgan fingerprint density at radius 3 is 2.16 bits per heavy atom. The van der Waals surface area contributed by atoms with Gasteiger partial charge in [-0.25, -0.2) is 0 Å². The molecule has 3 aliphatic carbocycles. The molecule has 1 heteroatoms. The second kappa shape index (κ2) is 9.06. The zero-order valence-electron chi connectivity index (χ0n) is 25.2. The lowest BCUT2D eigenvalue weighted by Gasteiger charge is -2.31. The highest BCUT2D eigenvalue weighted by molar-refractivity contribution is 6.10. The van der Waals surface area contributed by atoms with Crippen molar-refractivity contribution < 1.29 is 0 Å². The molecule has 6 aromatic carbocycles. The molecule has 0 bridgehead atoms. The number of allylic oxidation sites excluding steroid dienone is 4. The highest BCUT2D eigenvalue weighted by Gasteiger charge is 2.52. The predicted molar refractivity (Wildman–Crippen MR) is 188 cm³/mol. The summed E-state index contributed by atoms with van der Waals surface area (Å²) in [7, 11) is 0. The van der Waals surface area contributed by atoms with Crippen molar-refractivity contribution in [1.29, 1.82) is 0 Å². The Bertz CT molecular complexity index is 2450. The molecule has 45 heavy (non-hydrogen) atoms. The van der Waals surface area contributed by atoms with E-state index in [1.54, 1.807) is 0 Å². The molecule has 0 saturated heterocycles. The average molecular weight is 574 g/mol. The molecule has 0 N–H and O–H groups in total.